The highest BCUT2D eigenvalue weighted by molar-refractivity contribution is 9.10. The van der Waals surface area contributed by atoms with E-state index < -0.39 is 0 Å². The number of rotatable bonds is 4. The van der Waals surface area contributed by atoms with Gasteiger partial charge in [-0.25, -0.2) is 0 Å². The van der Waals surface area contributed by atoms with E-state index in [2.05, 4.69) is 72.5 Å². The highest BCUT2D eigenvalue weighted by Crippen LogP contribution is 2.18. The zero-order chi connectivity index (χ0) is 12.2. The van der Waals surface area contributed by atoms with Crippen LogP contribution in [0.1, 0.15) is 26.3 Å². The number of hydrogen-bond donors (Lipinski definition) is 2. The van der Waals surface area contributed by atoms with Crippen LogP contribution in [0.3, 0.4) is 0 Å². The minimum Gasteiger partial charge on any atom is -0.384 e. The maximum absolute atomic E-state index is 3.50. The smallest absolute Gasteiger partial charge is 0.0354 e. The molecule has 0 saturated heterocycles. The van der Waals surface area contributed by atoms with Crippen molar-refractivity contribution < 1.29 is 0 Å². The lowest BCUT2D eigenvalue weighted by atomic mass is 10.1. The van der Waals surface area contributed by atoms with Crippen LogP contribution in [0.15, 0.2) is 22.7 Å². The van der Waals surface area contributed by atoms with Gasteiger partial charge in [0.2, 0.25) is 0 Å². The van der Waals surface area contributed by atoms with Gasteiger partial charge in [0.25, 0.3) is 0 Å². The molecular weight excluding hydrogens is 264 g/mol. The number of halogens is 1. The van der Waals surface area contributed by atoms with Crippen molar-refractivity contribution in [2.45, 2.75) is 33.2 Å². The van der Waals surface area contributed by atoms with Gasteiger partial charge >= 0.3 is 0 Å². The average molecular weight is 285 g/mol. The van der Waals surface area contributed by atoms with Crippen LogP contribution < -0.4 is 10.6 Å². The zero-order valence-electron chi connectivity index (χ0n) is 10.5. The second-order valence-electron chi connectivity index (χ2n) is 5.12. The summed E-state index contributed by atoms with van der Waals surface area (Å²) < 4.78 is 1.12. The molecule has 0 fully saturated rings. The van der Waals surface area contributed by atoms with E-state index >= 15 is 0 Å². The Morgan fingerprint density at radius 3 is 2.38 bits per heavy atom. The summed E-state index contributed by atoms with van der Waals surface area (Å²) in [6.07, 6.45) is 0. The van der Waals surface area contributed by atoms with Crippen LogP contribution in [-0.2, 0) is 0 Å². The van der Waals surface area contributed by atoms with Gasteiger partial charge in [0.1, 0.15) is 0 Å². The maximum atomic E-state index is 3.50. The van der Waals surface area contributed by atoms with Gasteiger partial charge < -0.3 is 10.6 Å². The summed E-state index contributed by atoms with van der Waals surface area (Å²) >= 11 is 3.50. The summed E-state index contributed by atoms with van der Waals surface area (Å²) in [6.45, 7) is 10.5. The molecule has 0 amide bonds. The molecule has 0 unspecified atom stereocenters. The van der Waals surface area contributed by atoms with Gasteiger partial charge in [-0.3, -0.25) is 0 Å². The highest BCUT2D eigenvalue weighted by Gasteiger charge is 2.06. The van der Waals surface area contributed by atoms with Gasteiger partial charge in [-0.2, -0.15) is 0 Å². The molecule has 1 rings (SSSR count). The van der Waals surface area contributed by atoms with E-state index in [-0.39, 0.29) is 5.54 Å². The third-order valence-corrected chi connectivity index (χ3v) is 2.61. The quantitative estimate of drug-likeness (QED) is 0.827. The van der Waals surface area contributed by atoms with Crippen molar-refractivity contribution in [2.24, 2.45) is 0 Å². The van der Waals surface area contributed by atoms with Crippen LogP contribution in [0.4, 0.5) is 5.69 Å². The van der Waals surface area contributed by atoms with Crippen LogP contribution in [0, 0.1) is 6.92 Å². The predicted molar refractivity (Wildman–Crippen MR) is 75.1 cm³/mol. The lowest BCUT2D eigenvalue weighted by Gasteiger charge is -2.20. The Morgan fingerprint density at radius 2 is 1.81 bits per heavy atom. The number of hydrogen-bond acceptors (Lipinski definition) is 2. The van der Waals surface area contributed by atoms with Crippen molar-refractivity contribution in [3.05, 3.63) is 28.2 Å². The molecule has 0 aromatic heterocycles. The first kappa shape index (κ1) is 13.5. The lowest BCUT2D eigenvalue weighted by molar-refractivity contribution is 0.435. The van der Waals surface area contributed by atoms with Gasteiger partial charge in [-0.1, -0.05) is 15.9 Å². The molecule has 0 aliphatic rings. The predicted octanol–water partition coefficient (Wildman–Crippen LogP) is 3.56. The van der Waals surface area contributed by atoms with Gasteiger partial charge in [0, 0.05) is 28.8 Å². The maximum Gasteiger partial charge on any atom is 0.0354 e. The SMILES string of the molecule is Cc1cc(Br)cc(NCCNC(C)(C)C)c1. The summed E-state index contributed by atoms with van der Waals surface area (Å²) in [5.41, 5.74) is 2.62. The van der Waals surface area contributed by atoms with E-state index in [4.69, 9.17) is 0 Å². The third kappa shape index (κ3) is 5.52. The van der Waals surface area contributed by atoms with E-state index in [1.54, 1.807) is 0 Å². The zero-order valence-corrected chi connectivity index (χ0v) is 12.1. The molecule has 1 aromatic rings. The van der Waals surface area contributed by atoms with Gasteiger partial charge in [0.15, 0.2) is 0 Å². The molecule has 0 saturated carbocycles. The molecule has 16 heavy (non-hydrogen) atoms. The van der Waals surface area contributed by atoms with Gasteiger partial charge in [0.05, 0.1) is 0 Å². The Hall–Kier alpha value is -0.540. The molecule has 2 nitrogen and oxygen atoms in total. The summed E-state index contributed by atoms with van der Waals surface area (Å²) in [7, 11) is 0. The fraction of sp³-hybridized carbons (Fsp3) is 0.538. The first-order valence-electron chi connectivity index (χ1n) is 5.63. The average Bonchev–Trinajstić information content (AvgIpc) is 2.09. The number of benzene rings is 1. The second-order valence-corrected chi connectivity index (χ2v) is 6.04. The van der Waals surface area contributed by atoms with E-state index in [9.17, 15) is 0 Å². The van der Waals surface area contributed by atoms with Gasteiger partial charge in [-0.05, 0) is 51.5 Å². The van der Waals surface area contributed by atoms with Crippen LogP contribution in [0.25, 0.3) is 0 Å². The molecule has 2 N–H and O–H groups in total. The molecule has 1 aromatic carbocycles. The normalized spacial score (nSPS) is 11.6. The standard InChI is InChI=1S/C13H21BrN2/c1-10-7-11(14)9-12(8-10)15-5-6-16-13(2,3)4/h7-9,15-16H,5-6H2,1-4H3. The molecule has 0 spiro atoms. The first-order valence-corrected chi connectivity index (χ1v) is 6.42. The number of anilines is 1. The number of nitrogens with one attached hydrogen (secondary N) is 2. The van der Waals surface area contributed by atoms with Crippen molar-refractivity contribution in [3.8, 4) is 0 Å². The van der Waals surface area contributed by atoms with Crippen molar-refractivity contribution in [2.75, 3.05) is 18.4 Å². The minimum atomic E-state index is 0.189. The van der Waals surface area contributed by atoms with E-state index in [0.717, 1.165) is 17.6 Å². The molecule has 0 aliphatic heterocycles. The van der Waals surface area contributed by atoms with Crippen molar-refractivity contribution in [1.29, 1.82) is 0 Å². The van der Waals surface area contributed by atoms with Crippen LogP contribution >= 0.6 is 15.9 Å². The number of aryl methyl sites for hydroxylation is 1. The van der Waals surface area contributed by atoms with Gasteiger partial charge in [-0.15, -0.1) is 0 Å². The Kier molecular flexibility index (Phi) is 4.81. The minimum absolute atomic E-state index is 0.189. The summed E-state index contributed by atoms with van der Waals surface area (Å²) in [5, 5.41) is 6.85. The summed E-state index contributed by atoms with van der Waals surface area (Å²) in [6, 6.07) is 6.37. The molecule has 90 valence electrons. The fourth-order valence-electron chi connectivity index (χ4n) is 1.48. The van der Waals surface area contributed by atoms with E-state index in [1.165, 1.54) is 11.3 Å². The molecule has 0 aliphatic carbocycles. The van der Waals surface area contributed by atoms with Crippen molar-refractivity contribution >= 4 is 21.6 Å². The van der Waals surface area contributed by atoms with E-state index in [0.29, 0.717) is 0 Å². The molecule has 0 atom stereocenters. The monoisotopic (exact) mass is 284 g/mol. The second kappa shape index (κ2) is 5.69. The largest absolute Gasteiger partial charge is 0.384 e. The first-order chi connectivity index (χ1) is 7.37. The highest BCUT2D eigenvalue weighted by atomic mass is 79.9. The Morgan fingerprint density at radius 1 is 1.12 bits per heavy atom. The van der Waals surface area contributed by atoms with E-state index in [1.807, 2.05) is 0 Å². The van der Waals surface area contributed by atoms with Crippen LogP contribution in [-0.4, -0.2) is 18.6 Å². The lowest BCUT2D eigenvalue weighted by Crippen LogP contribution is -2.38. The molecule has 0 heterocycles. The summed E-state index contributed by atoms with van der Waals surface area (Å²) in [4.78, 5) is 0. The topological polar surface area (TPSA) is 24.1 Å². The molecule has 0 bridgehead atoms. The van der Waals surface area contributed by atoms with Crippen molar-refractivity contribution in [1.82, 2.24) is 5.32 Å². The van der Waals surface area contributed by atoms with Crippen LogP contribution in [0.2, 0.25) is 0 Å². The third-order valence-electron chi connectivity index (χ3n) is 2.15. The Labute approximate surface area is 107 Å². The fourth-order valence-corrected chi connectivity index (χ4v) is 2.09. The Bertz CT molecular complexity index is 322. The summed E-state index contributed by atoms with van der Waals surface area (Å²) in [5.74, 6) is 0. The Balaban J connectivity index is 2.37. The molecule has 3 heteroatoms. The molecular formula is C13H21BrN2. The van der Waals surface area contributed by atoms with Crippen molar-refractivity contribution in [3.63, 3.8) is 0 Å². The van der Waals surface area contributed by atoms with Crippen LogP contribution in [0.5, 0.6) is 0 Å². The molecule has 0 radical (unpaired) electrons.